The highest BCUT2D eigenvalue weighted by molar-refractivity contribution is 5.91. The van der Waals surface area contributed by atoms with Crippen molar-refractivity contribution < 1.29 is 9.18 Å². The van der Waals surface area contributed by atoms with Gasteiger partial charge in [-0.05, 0) is 49.3 Å². The average molecular weight is 341 g/mol. The number of hydrogen-bond donors (Lipinski definition) is 2. The van der Waals surface area contributed by atoms with Crippen LogP contribution in [0.5, 0.6) is 0 Å². The molecule has 0 unspecified atom stereocenters. The molecule has 2 aliphatic carbocycles. The molecule has 3 nitrogen and oxygen atoms in total. The van der Waals surface area contributed by atoms with Gasteiger partial charge in [-0.25, -0.2) is 4.39 Å². The standard InChI is InChI=1S/C18H25FN2O.ClH/c19-15-8-6-14(7-9-15)18(10-11-18)17(22)21-16(12-20)13-4-2-1-3-5-13;/h6-9,13,16H,1-5,10-12,20H2,(H,21,22);1H/t16-;/m0./s1. The molecule has 0 spiro atoms. The summed E-state index contributed by atoms with van der Waals surface area (Å²) in [4.78, 5) is 12.8. The molecule has 2 aliphatic rings. The fourth-order valence-corrected chi connectivity index (χ4v) is 3.75. The van der Waals surface area contributed by atoms with Crippen LogP contribution in [-0.4, -0.2) is 18.5 Å². The third-order valence-electron chi connectivity index (χ3n) is 5.37. The Kier molecular flexibility index (Phi) is 6.04. The molecule has 128 valence electrons. The zero-order valence-electron chi connectivity index (χ0n) is 13.4. The van der Waals surface area contributed by atoms with Crippen LogP contribution < -0.4 is 11.1 Å². The highest BCUT2D eigenvalue weighted by Crippen LogP contribution is 2.48. The monoisotopic (exact) mass is 340 g/mol. The van der Waals surface area contributed by atoms with E-state index in [2.05, 4.69) is 5.32 Å². The Bertz CT molecular complexity index is 524. The first-order valence-corrected chi connectivity index (χ1v) is 8.43. The smallest absolute Gasteiger partial charge is 0.230 e. The second-order valence-corrected chi connectivity index (χ2v) is 6.80. The summed E-state index contributed by atoms with van der Waals surface area (Å²) in [5.74, 6) is 0.314. The van der Waals surface area contributed by atoms with Crippen molar-refractivity contribution in [2.24, 2.45) is 11.7 Å². The molecular weight excluding hydrogens is 315 g/mol. The first kappa shape index (κ1) is 18.2. The Balaban J connectivity index is 0.00000192. The summed E-state index contributed by atoms with van der Waals surface area (Å²) in [6.07, 6.45) is 7.76. The van der Waals surface area contributed by atoms with Crippen molar-refractivity contribution in [3.63, 3.8) is 0 Å². The molecule has 23 heavy (non-hydrogen) atoms. The van der Waals surface area contributed by atoms with Gasteiger partial charge < -0.3 is 11.1 Å². The summed E-state index contributed by atoms with van der Waals surface area (Å²) in [6, 6.07) is 6.42. The molecule has 3 rings (SSSR count). The maximum absolute atomic E-state index is 13.1. The predicted octanol–water partition coefficient (Wildman–Crippen LogP) is 3.30. The van der Waals surface area contributed by atoms with Crippen molar-refractivity contribution >= 4 is 18.3 Å². The number of nitrogens with two attached hydrogens (primary N) is 1. The predicted molar refractivity (Wildman–Crippen MR) is 92.1 cm³/mol. The number of nitrogens with one attached hydrogen (secondary N) is 1. The van der Waals surface area contributed by atoms with Crippen LogP contribution in [0.3, 0.4) is 0 Å². The zero-order chi connectivity index (χ0) is 15.6. The maximum atomic E-state index is 13.1. The Morgan fingerprint density at radius 2 is 1.83 bits per heavy atom. The van der Waals surface area contributed by atoms with E-state index in [1.54, 1.807) is 12.1 Å². The van der Waals surface area contributed by atoms with Gasteiger partial charge in [0.25, 0.3) is 0 Å². The van der Waals surface area contributed by atoms with Crippen molar-refractivity contribution in [1.29, 1.82) is 0 Å². The van der Waals surface area contributed by atoms with Crippen LogP contribution in [0.15, 0.2) is 24.3 Å². The van der Waals surface area contributed by atoms with Crippen LogP contribution in [0.2, 0.25) is 0 Å². The molecule has 1 aromatic rings. The van der Waals surface area contributed by atoms with E-state index in [1.807, 2.05) is 0 Å². The van der Waals surface area contributed by atoms with Crippen LogP contribution in [0.1, 0.15) is 50.5 Å². The number of carbonyl (C=O) groups is 1. The third-order valence-corrected chi connectivity index (χ3v) is 5.37. The minimum atomic E-state index is -0.449. The number of amides is 1. The number of halogens is 2. The number of benzene rings is 1. The lowest BCUT2D eigenvalue weighted by atomic mass is 9.83. The first-order valence-electron chi connectivity index (χ1n) is 8.43. The van der Waals surface area contributed by atoms with Gasteiger partial charge in [-0.1, -0.05) is 31.4 Å². The van der Waals surface area contributed by atoms with Gasteiger partial charge in [0.05, 0.1) is 5.41 Å². The lowest BCUT2D eigenvalue weighted by molar-refractivity contribution is -0.124. The normalized spacial score (nSPS) is 21.1. The van der Waals surface area contributed by atoms with E-state index in [4.69, 9.17) is 5.73 Å². The molecule has 0 aromatic heterocycles. The van der Waals surface area contributed by atoms with Crippen molar-refractivity contribution in [3.05, 3.63) is 35.6 Å². The Morgan fingerprint density at radius 3 is 2.35 bits per heavy atom. The summed E-state index contributed by atoms with van der Waals surface area (Å²) in [6.45, 7) is 0.496. The van der Waals surface area contributed by atoms with Crippen molar-refractivity contribution in [2.45, 2.75) is 56.4 Å². The average Bonchev–Trinajstić information content (AvgIpc) is 3.36. The molecule has 1 amide bonds. The zero-order valence-corrected chi connectivity index (χ0v) is 14.2. The van der Waals surface area contributed by atoms with Gasteiger partial charge in [0.1, 0.15) is 5.82 Å². The first-order chi connectivity index (χ1) is 10.7. The molecular formula is C18H26ClFN2O. The van der Waals surface area contributed by atoms with E-state index in [-0.39, 0.29) is 30.2 Å². The summed E-state index contributed by atoms with van der Waals surface area (Å²) in [7, 11) is 0. The number of hydrogen-bond acceptors (Lipinski definition) is 2. The fourth-order valence-electron chi connectivity index (χ4n) is 3.75. The number of rotatable bonds is 5. The number of carbonyl (C=O) groups excluding carboxylic acids is 1. The summed E-state index contributed by atoms with van der Waals surface area (Å²) >= 11 is 0. The van der Waals surface area contributed by atoms with Crippen LogP contribution in [0.25, 0.3) is 0 Å². The highest BCUT2D eigenvalue weighted by atomic mass is 35.5. The van der Waals surface area contributed by atoms with Gasteiger partial charge in [-0.3, -0.25) is 4.79 Å². The van der Waals surface area contributed by atoms with Crippen molar-refractivity contribution in [2.75, 3.05) is 6.54 Å². The van der Waals surface area contributed by atoms with Gasteiger partial charge in [0.2, 0.25) is 5.91 Å². The van der Waals surface area contributed by atoms with E-state index in [0.29, 0.717) is 12.5 Å². The SMILES string of the molecule is Cl.NC[C@H](NC(=O)C1(c2ccc(F)cc2)CC1)C1CCCCC1. The molecule has 0 heterocycles. The van der Waals surface area contributed by atoms with E-state index in [0.717, 1.165) is 31.2 Å². The Morgan fingerprint density at radius 1 is 1.22 bits per heavy atom. The second-order valence-electron chi connectivity index (χ2n) is 6.80. The summed E-state index contributed by atoms with van der Waals surface area (Å²) in [5, 5.41) is 3.19. The lowest BCUT2D eigenvalue weighted by Gasteiger charge is -2.31. The molecule has 1 atom stereocenters. The maximum Gasteiger partial charge on any atom is 0.230 e. The van der Waals surface area contributed by atoms with Crippen molar-refractivity contribution in [3.8, 4) is 0 Å². The van der Waals surface area contributed by atoms with Crippen molar-refractivity contribution in [1.82, 2.24) is 5.32 Å². The van der Waals surface area contributed by atoms with E-state index >= 15 is 0 Å². The fraction of sp³-hybridized carbons (Fsp3) is 0.611. The topological polar surface area (TPSA) is 55.1 Å². The largest absolute Gasteiger partial charge is 0.351 e. The minimum Gasteiger partial charge on any atom is -0.351 e. The van der Waals surface area contributed by atoms with Gasteiger partial charge in [-0.2, -0.15) is 0 Å². The van der Waals surface area contributed by atoms with Gasteiger partial charge in [0, 0.05) is 12.6 Å². The van der Waals surface area contributed by atoms with E-state index in [9.17, 15) is 9.18 Å². The highest BCUT2D eigenvalue weighted by Gasteiger charge is 2.51. The molecule has 0 aliphatic heterocycles. The minimum absolute atomic E-state index is 0. The molecule has 2 fully saturated rings. The molecule has 0 bridgehead atoms. The Hall–Kier alpha value is -1.13. The molecule has 2 saturated carbocycles. The molecule has 5 heteroatoms. The van der Waals surface area contributed by atoms with Crippen LogP contribution in [0, 0.1) is 11.7 Å². The third kappa shape index (κ3) is 3.86. The summed E-state index contributed by atoms with van der Waals surface area (Å²) < 4.78 is 13.1. The molecule has 1 aromatic carbocycles. The van der Waals surface area contributed by atoms with E-state index in [1.165, 1.54) is 31.4 Å². The molecule has 0 saturated heterocycles. The molecule has 3 N–H and O–H groups in total. The second kappa shape index (κ2) is 7.63. The summed E-state index contributed by atoms with van der Waals surface area (Å²) in [5.41, 5.74) is 6.38. The Labute approximate surface area is 143 Å². The quantitative estimate of drug-likeness (QED) is 0.864. The van der Waals surface area contributed by atoms with Gasteiger partial charge in [0.15, 0.2) is 0 Å². The lowest BCUT2D eigenvalue weighted by Crippen LogP contribution is -2.49. The van der Waals surface area contributed by atoms with Gasteiger partial charge >= 0.3 is 0 Å². The van der Waals surface area contributed by atoms with E-state index < -0.39 is 5.41 Å². The molecule has 0 radical (unpaired) electrons. The van der Waals surface area contributed by atoms with Crippen LogP contribution in [-0.2, 0) is 10.2 Å². The van der Waals surface area contributed by atoms with Crippen LogP contribution >= 0.6 is 12.4 Å². The van der Waals surface area contributed by atoms with Gasteiger partial charge in [-0.15, -0.1) is 12.4 Å². The van der Waals surface area contributed by atoms with Crippen LogP contribution in [0.4, 0.5) is 4.39 Å².